The maximum atomic E-state index is 9.36. The van der Waals surface area contributed by atoms with Crippen LogP contribution in [0.3, 0.4) is 0 Å². The van der Waals surface area contributed by atoms with Crippen molar-refractivity contribution in [3.8, 4) is 6.07 Å². The zero-order chi connectivity index (χ0) is 12.4. The highest BCUT2D eigenvalue weighted by Crippen LogP contribution is 2.36. The molecule has 1 aromatic rings. The predicted molar refractivity (Wildman–Crippen MR) is 67.1 cm³/mol. The van der Waals surface area contributed by atoms with Crippen LogP contribution in [0.15, 0.2) is 30.3 Å². The van der Waals surface area contributed by atoms with Gasteiger partial charge in [-0.05, 0) is 12.1 Å². The maximum Gasteiger partial charge on any atom is 0.173 e. The molecule has 0 amide bonds. The largest absolute Gasteiger partial charge is 0.355 e. The number of nitriles is 1. The standard InChI is InChI=1S/C14H16N2O2/c15-11-13-10-14(17-8-9-18-14)6-7-16(13)12-4-2-1-3-5-12/h1-5,13H,6-10H2. The van der Waals surface area contributed by atoms with Gasteiger partial charge in [-0.15, -0.1) is 0 Å². The number of piperidine rings is 1. The van der Waals surface area contributed by atoms with Crippen LogP contribution >= 0.6 is 0 Å². The fourth-order valence-electron chi connectivity index (χ4n) is 2.76. The molecule has 1 unspecified atom stereocenters. The topological polar surface area (TPSA) is 45.5 Å². The van der Waals surface area contributed by atoms with Crippen molar-refractivity contribution < 1.29 is 9.47 Å². The van der Waals surface area contributed by atoms with Crippen molar-refractivity contribution in [2.75, 3.05) is 24.7 Å². The Morgan fingerprint density at radius 1 is 1.22 bits per heavy atom. The van der Waals surface area contributed by atoms with Gasteiger partial charge >= 0.3 is 0 Å². The van der Waals surface area contributed by atoms with Crippen molar-refractivity contribution in [1.82, 2.24) is 0 Å². The number of benzene rings is 1. The SMILES string of the molecule is N#CC1CC2(CCN1c1ccccc1)OCCO2. The van der Waals surface area contributed by atoms with E-state index in [4.69, 9.17) is 9.47 Å². The van der Waals surface area contributed by atoms with Crippen molar-refractivity contribution in [2.45, 2.75) is 24.7 Å². The van der Waals surface area contributed by atoms with Gasteiger partial charge < -0.3 is 14.4 Å². The lowest BCUT2D eigenvalue weighted by atomic mass is 9.96. The van der Waals surface area contributed by atoms with Gasteiger partial charge in [-0.1, -0.05) is 18.2 Å². The minimum absolute atomic E-state index is 0.181. The molecule has 0 radical (unpaired) electrons. The molecule has 2 heterocycles. The van der Waals surface area contributed by atoms with Gasteiger partial charge in [0, 0.05) is 25.1 Å². The second kappa shape index (κ2) is 4.60. The maximum absolute atomic E-state index is 9.36. The predicted octanol–water partition coefficient (Wildman–Crippen LogP) is 1.92. The Morgan fingerprint density at radius 2 is 1.94 bits per heavy atom. The molecule has 4 nitrogen and oxygen atoms in total. The monoisotopic (exact) mass is 244 g/mol. The first kappa shape index (κ1) is 11.5. The lowest BCUT2D eigenvalue weighted by molar-refractivity contribution is -0.173. The molecule has 2 aliphatic rings. The number of para-hydroxylation sites is 1. The summed E-state index contributed by atoms with van der Waals surface area (Å²) in [7, 11) is 0. The fraction of sp³-hybridized carbons (Fsp3) is 0.500. The first-order valence-electron chi connectivity index (χ1n) is 6.32. The Kier molecular flexibility index (Phi) is 2.94. The molecule has 94 valence electrons. The van der Waals surface area contributed by atoms with Crippen molar-refractivity contribution in [3.63, 3.8) is 0 Å². The van der Waals surface area contributed by atoms with Crippen molar-refractivity contribution in [3.05, 3.63) is 30.3 Å². The molecule has 4 heteroatoms. The first-order chi connectivity index (χ1) is 8.83. The molecule has 0 aliphatic carbocycles. The quantitative estimate of drug-likeness (QED) is 0.757. The summed E-state index contributed by atoms with van der Waals surface area (Å²) in [6, 6.07) is 12.2. The summed E-state index contributed by atoms with van der Waals surface area (Å²) < 4.78 is 11.4. The van der Waals surface area contributed by atoms with Gasteiger partial charge in [0.05, 0.1) is 19.3 Å². The van der Waals surface area contributed by atoms with Crippen LogP contribution in [0.1, 0.15) is 12.8 Å². The summed E-state index contributed by atoms with van der Waals surface area (Å²) in [6.07, 6.45) is 1.44. The van der Waals surface area contributed by atoms with Gasteiger partial charge in [0.15, 0.2) is 5.79 Å². The number of nitrogens with zero attached hydrogens (tertiary/aromatic N) is 2. The van der Waals surface area contributed by atoms with Crippen LogP contribution in [0.25, 0.3) is 0 Å². The van der Waals surface area contributed by atoms with Gasteiger partial charge in [0.25, 0.3) is 0 Å². The number of hydrogen-bond donors (Lipinski definition) is 0. The molecule has 0 N–H and O–H groups in total. The lowest BCUT2D eigenvalue weighted by Crippen LogP contribution is -2.50. The summed E-state index contributed by atoms with van der Waals surface area (Å²) in [4.78, 5) is 2.14. The first-order valence-corrected chi connectivity index (χ1v) is 6.32. The van der Waals surface area contributed by atoms with E-state index in [9.17, 15) is 5.26 Å². The summed E-state index contributed by atoms with van der Waals surface area (Å²) in [5.74, 6) is -0.508. The van der Waals surface area contributed by atoms with Crippen LogP contribution in [-0.2, 0) is 9.47 Å². The smallest absolute Gasteiger partial charge is 0.173 e. The average Bonchev–Trinajstić information content (AvgIpc) is 2.88. The van der Waals surface area contributed by atoms with Gasteiger partial charge in [-0.3, -0.25) is 0 Å². The molecule has 1 aromatic carbocycles. The molecule has 2 fully saturated rings. The van der Waals surface area contributed by atoms with Gasteiger partial charge in [-0.25, -0.2) is 0 Å². The molecule has 0 aromatic heterocycles. The third-order valence-electron chi connectivity index (χ3n) is 3.66. The van der Waals surface area contributed by atoms with E-state index in [2.05, 4.69) is 11.0 Å². The molecular weight excluding hydrogens is 228 g/mol. The van der Waals surface area contributed by atoms with E-state index < -0.39 is 5.79 Å². The normalized spacial score (nSPS) is 26.2. The Labute approximate surface area is 107 Å². The summed E-state index contributed by atoms with van der Waals surface area (Å²) in [5, 5.41) is 9.36. The second-order valence-corrected chi connectivity index (χ2v) is 4.74. The molecule has 18 heavy (non-hydrogen) atoms. The van der Waals surface area contributed by atoms with Gasteiger partial charge in [0.2, 0.25) is 0 Å². The van der Waals surface area contributed by atoms with Crippen LogP contribution < -0.4 is 4.90 Å². The van der Waals surface area contributed by atoms with E-state index in [1.165, 1.54) is 0 Å². The third-order valence-corrected chi connectivity index (χ3v) is 3.66. The van der Waals surface area contributed by atoms with Crippen LogP contribution in [0.5, 0.6) is 0 Å². The Balaban J connectivity index is 1.80. The molecule has 1 atom stereocenters. The second-order valence-electron chi connectivity index (χ2n) is 4.74. The van der Waals surface area contributed by atoms with E-state index >= 15 is 0 Å². The molecule has 1 spiro atoms. The highest BCUT2D eigenvalue weighted by atomic mass is 16.7. The van der Waals surface area contributed by atoms with Crippen molar-refractivity contribution in [2.24, 2.45) is 0 Å². The number of anilines is 1. The van der Waals surface area contributed by atoms with Crippen LogP contribution in [-0.4, -0.2) is 31.6 Å². The molecule has 3 rings (SSSR count). The highest BCUT2D eigenvalue weighted by Gasteiger charge is 2.44. The fourth-order valence-corrected chi connectivity index (χ4v) is 2.76. The Morgan fingerprint density at radius 3 is 2.61 bits per heavy atom. The Hall–Kier alpha value is -1.57. The van der Waals surface area contributed by atoms with E-state index in [-0.39, 0.29) is 6.04 Å². The summed E-state index contributed by atoms with van der Waals surface area (Å²) in [5.41, 5.74) is 1.09. The minimum atomic E-state index is -0.508. The highest BCUT2D eigenvalue weighted by molar-refractivity contribution is 5.49. The molecule has 2 aliphatic heterocycles. The van der Waals surface area contributed by atoms with Crippen LogP contribution in [0.2, 0.25) is 0 Å². The van der Waals surface area contributed by atoms with E-state index in [0.29, 0.717) is 19.6 Å². The van der Waals surface area contributed by atoms with Gasteiger partial charge in [0.1, 0.15) is 6.04 Å². The number of ether oxygens (including phenoxy) is 2. The molecule has 0 bridgehead atoms. The molecule has 2 saturated heterocycles. The zero-order valence-corrected chi connectivity index (χ0v) is 10.2. The van der Waals surface area contributed by atoms with Crippen LogP contribution in [0.4, 0.5) is 5.69 Å². The summed E-state index contributed by atoms with van der Waals surface area (Å²) in [6.45, 7) is 2.08. The zero-order valence-electron chi connectivity index (χ0n) is 10.2. The molecule has 0 saturated carbocycles. The van der Waals surface area contributed by atoms with E-state index in [0.717, 1.165) is 18.7 Å². The van der Waals surface area contributed by atoms with E-state index in [1.54, 1.807) is 0 Å². The number of hydrogen-bond acceptors (Lipinski definition) is 4. The van der Waals surface area contributed by atoms with E-state index in [1.807, 2.05) is 30.3 Å². The third kappa shape index (κ3) is 1.96. The minimum Gasteiger partial charge on any atom is -0.355 e. The number of rotatable bonds is 1. The average molecular weight is 244 g/mol. The van der Waals surface area contributed by atoms with Crippen molar-refractivity contribution >= 4 is 5.69 Å². The van der Waals surface area contributed by atoms with Gasteiger partial charge in [-0.2, -0.15) is 5.26 Å². The lowest BCUT2D eigenvalue weighted by Gasteiger charge is -2.41. The summed E-state index contributed by atoms with van der Waals surface area (Å²) >= 11 is 0. The molecular formula is C14H16N2O2. The van der Waals surface area contributed by atoms with Crippen molar-refractivity contribution in [1.29, 1.82) is 5.26 Å². The van der Waals surface area contributed by atoms with Crippen LogP contribution in [0, 0.1) is 11.3 Å². The Bertz CT molecular complexity index is 449.